The van der Waals surface area contributed by atoms with Crippen molar-refractivity contribution >= 4 is 40.9 Å². The van der Waals surface area contributed by atoms with E-state index in [0.717, 1.165) is 0 Å². The lowest BCUT2D eigenvalue weighted by molar-refractivity contribution is -0.142. The van der Waals surface area contributed by atoms with Crippen LogP contribution in [0.5, 0.6) is 0 Å². The molecule has 0 aromatic heterocycles. The molecule has 1 aromatic carbocycles. The van der Waals surface area contributed by atoms with Crippen molar-refractivity contribution in [2.75, 3.05) is 5.32 Å². The van der Waals surface area contributed by atoms with Crippen molar-refractivity contribution in [1.82, 2.24) is 5.32 Å². The monoisotopic (exact) mass is 330 g/mol. The number of nitrogens with one attached hydrogen (secondary N) is 2. The maximum absolute atomic E-state index is 11.9. The molecule has 1 aromatic rings. The quantitative estimate of drug-likeness (QED) is 0.789. The smallest absolute Gasteiger partial charge is 0.319 e. The Labute approximate surface area is 132 Å². The zero-order valence-corrected chi connectivity index (χ0v) is 12.7. The van der Waals surface area contributed by atoms with Gasteiger partial charge in [0.2, 0.25) is 0 Å². The molecule has 0 heterocycles. The first-order chi connectivity index (χ1) is 9.97. The van der Waals surface area contributed by atoms with E-state index in [1.54, 1.807) is 18.2 Å². The number of amides is 2. The van der Waals surface area contributed by atoms with Crippen LogP contribution in [0, 0.1) is 5.92 Å². The highest BCUT2D eigenvalue weighted by Gasteiger charge is 2.26. The Morgan fingerprint density at radius 2 is 1.81 bits per heavy atom. The summed E-state index contributed by atoms with van der Waals surface area (Å²) in [5, 5.41) is 15.1. The fourth-order valence-electron chi connectivity index (χ4n) is 2.43. The van der Waals surface area contributed by atoms with E-state index in [9.17, 15) is 9.59 Å². The first kappa shape index (κ1) is 15.9. The Hall–Kier alpha value is -1.46. The average Bonchev–Trinajstić information content (AvgIpc) is 2.44. The van der Waals surface area contributed by atoms with Gasteiger partial charge in [0.15, 0.2) is 0 Å². The Morgan fingerprint density at radius 3 is 2.43 bits per heavy atom. The number of carboxylic acids is 1. The van der Waals surface area contributed by atoms with Crippen LogP contribution < -0.4 is 10.6 Å². The second-order valence-corrected chi connectivity index (χ2v) is 5.87. The van der Waals surface area contributed by atoms with Crippen LogP contribution in [0.25, 0.3) is 0 Å². The molecule has 1 aliphatic carbocycles. The summed E-state index contributed by atoms with van der Waals surface area (Å²) in [6, 6.07) is 4.62. The molecule has 21 heavy (non-hydrogen) atoms. The van der Waals surface area contributed by atoms with Crippen molar-refractivity contribution in [3.8, 4) is 0 Å². The number of anilines is 1. The molecular weight excluding hydrogens is 315 g/mol. The van der Waals surface area contributed by atoms with Gasteiger partial charge < -0.3 is 15.7 Å². The highest BCUT2D eigenvalue weighted by molar-refractivity contribution is 6.43. The number of urea groups is 1. The zero-order valence-electron chi connectivity index (χ0n) is 11.2. The third-order valence-corrected chi connectivity index (χ3v) is 4.43. The molecule has 0 bridgehead atoms. The van der Waals surface area contributed by atoms with E-state index in [1.165, 1.54) is 0 Å². The number of aliphatic carboxylic acids is 1. The van der Waals surface area contributed by atoms with Gasteiger partial charge in [-0.05, 0) is 37.8 Å². The first-order valence-corrected chi connectivity index (χ1v) is 7.47. The molecule has 0 radical (unpaired) electrons. The predicted octanol–water partition coefficient (Wildman–Crippen LogP) is 3.76. The molecule has 0 unspecified atom stereocenters. The fraction of sp³-hybridized carbons (Fsp3) is 0.429. The van der Waals surface area contributed by atoms with Gasteiger partial charge in [-0.1, -0.05) is 29.3 Å². The molecule has 1 saturated carbocycles. The van der Waals surface area contributed by atoms with Gasteiger partial charge >= 0.3 is 12.0 Å². The molecule has 0 spiro atoms. The van der Waals surface area contributed by atoms with Crippen molar-refractivity contribution in [2.24, 2.45) is 5.92 Å². The summed E-state index contributed by atoms with van der Waals surface area (Å²) in [7, 11) is 0. The Balaban J connectivity index is 1.86. The largest absolute Gasteiger partial charge is 0.481 e. The third kappa shape index (κ3) is 4.25. The van der Waals surface area contributed by atoms with Crippen LogP contribution in [0.3, 0.4) is 0 Å². The summed E-state index contributed by atoms with van der Waals surface area (Å²) in [4.78, 5) is 22.8. The number of hydrogen-bond donors (Lipinski definition) is 3. The minimum Gasteiger partial charge on any atom is -0.481 e. The van der Waals surface area contributed by atoms with Crippen molar-refractivity contribution in [2.45, 2.75) is 31.7 Å². The summed E-state index contributed by atoms with van der Waals surface area (Å²) >= 11 is 11.9. The SMILES string of the molecule is O=C(Nc1cccc(Cl)c1Cl)NC1CCC(C(=O)O)CC1. The molecule has 1 aliphatic rings. The van der Waals surface area contributed by atoms with Crippen LogP contribution in [-0.4, -0.2) is 23.1 Å². The molecule has 0 atom stereocenters. The van der Waals surface area contributed by atoms with Gasteiger partial charge in [0.05, 0.1) is 21.7 Å². The van der Waals surface area contributed by atoms with Crippen molar-refractivity contribution in [1.29, 1.82) is 0 Å². The van der Waals surface area contributed by atoms with E-state index in [4.69, 9.17) is 28.3 Å². The van der Waals surface area contributed by atoms with E-state index >= 15 is 0 Å². The third-order valence-electron chi connectivity index (χ3n) is 3.61. The number of carboxylic acid groups (broad SMARTS) is 1. The van der Waals surface area contributed by atoms with Crippen LogP contribution in [0.4, 0.5) is 10.5 Å². The molecule has 3 N–H and O–H groups in total. The highest BCUT2D eigenvalue weighted by Crippen LogP contribution is 2.29. The molecule has 5 nitrogen and oxygen atoms in total. The molecule has 114 valence electrons. The van der Waals surface area contributed by atoms with Gasteiger partial charge in [-0.2, -0.15) is 0 Å². The standard InChI is InChI=1S/C14H16Cl2N2O3/c15-10-2-1-3-11(12(10)16)18-14(21)17-9-6-4-8(5-7-9)13(19)20/h1-3,8-9H,4-7H2,(H,19,20)(H2,17,18,21). The van der Waals surface area contributed by atoms with Crippen LogP contribution in [0.15, 0.2) is 18.2 Å². The van der Waals surface area contributed by atoms with Gasteiger partial charge in [-0.15, -0.1) is 0 Å². The lowest BCUT2D eigenvalue weighted by Gasteiger charge is -2.26. The second kappa shape index (κ2) is 7.00. The maximum atomic E-state index is 11.9. The Morgan fingerprint density at radius 1 is 1.14 bits per heavy atom. The second-order valence-electron chi connectivity index (χ2n) is 5.09. The molecule has 7 heteroatoms. The maximum Gasteiger partial charge on any atom is 0.319 e. The molecular formula is C14H16Cl2N2O3. The summed E-state index contributed by atoms with van der Waals surface area (Å²) < 4.78 is 0. The average molecular weight is 331 g/mol. The lowest BCUT2D eigenvalue weighted by Crippen LogP contribution is -2.41. The van der Waals surface area contributed by atoms with Gasteiger partial charge in [-0.3, -0.25) is 4.79 Å². The minimum atomic E-state index is -0.761. The molecule has 0 aliphatic heterocycles. The fourth-order valence-corrected chi connectivity index (χ4v) is 2.78. The summed E-state index contributed by atoms with van der Waals surface area (Å²) in [6.07, 6.45) is 2.48. The van der Waals surface area contributed by atoms with Crippen LogP contribution in [0.2, 0.25) is 10.0 Å². The van der Waals surface area contributed by atoms with Crippen LogP contribution >= 0.6 is 23.2 Å². The van der Waals surface area contributed by atoms with Crippen molar-refractivity contribution in [3.63, 3.8) is 0 Å². The number of benzene rings is 1. The number of rotatable bonds is 3. The minimum absolute atomic E-state index is 0.0152. The predicted molar refractivity (Wildman–Crippen MR) is 82.0 cm³/mol. The van der Waals surface area contributed by atoms with Crippen molar-refractivity contribution < 1.29 is 14.7 Å². The summed E-state index contributed by atoms with van der Waals surface area (Å²) in [5.74, 6) is -1.06. The first-order valence-electron chi connectivity index (χ1n) is 6.71. The van der Waals surface area contributed by atoms with Crippen LogP contribution in [-0.2, 0) is 4.79 Å². The van der Waals surface area contributed by atoms with E-state index in [0.29, 0.717) is 41.4 Å². The Bertz CT molecular complexity index is 543. The molecule has 1 fully saturated rings. The highest BCUT2D eigenvalue weighted by atomic mass is 35.5. The molecule has 2 amide bonds. The van der Waals surface area contributed by atoms with Gasteiger partial charge in [0, 0.05) is 6.04 Å². The molecule has 2 rings (SSSR count). The topological polar surface area (TPSA) is 78.4 Å². The number of hydrogen-bond acceptors (Lipinski definition) is 2. The lowest BCUT2D eigenvalue weighted by atomic mass is 9.86. The van der Waals surface area contributed by atoms with E-state index in [2.05, 4.69) is 10.6 Å². The van der Waals surface area contributed by atoms with Gasteiger partial charge in [-0.25, -0.2) is 4.79 Å². The van der Waals surface area contributed by atoms with E-state index in [-0.39, 0.29) is 18.0 Å². The number of carbonyl (C=O) groups excluding carboxylic acids is 1. The van der Waals surface area contributed by atoms with Gasteiger partial charge in [0.25, 0.3) is 0 Å². The zero-order chi connectivity index (χ0) is 15.4. The normalized spacial score (nSPS) is 21.6. The number of halogens is 2. The van der Waals surface area contributed by atoms with E-state index < -0.39 is 5.97 Å². The number of carbonyl (C=O) groups is 2. The van der Waals surface area contributed by atoms with Crippen LogP contribution in [0.1, 0.15) is 25.7 Å². The Kier molecular flexibility index (Phi) is 5.31. The molecule has 0 saturated heterocycles. The van der Waals surface area contributed by atoms with E-state index in [1.807, 2.05) is 0 Å². The van der Waals surface area contributed by atoms with Gasteiger partial charge in [0.1, 0.15) is 0 Å². The summed E-state index contributed by atoms with van der Waals surface area (Å²) in [5.41, 5.74) is 0.445. The van der Waals surface area contributed by atoms with Crippen molar-refractivity contribution in [3.05, 3.63) is 28.2 Å². The summed E-state index contributed by atoms with van der Waals surface area (Å²) in [6.45, 7) is 0.